The van der Waals surface area contributed by atoms with E-state index in [0.29, 0.717) is 24.2 Å². The van der Waals surface area contributed by atoms with Crippen molar-refractivity contribution in [2.24, 2.45) is 5.92 Å². The number of benzene rings is 2. The third-order valence-electron chi connectivity index (χ3n) is 5.35. The highest BCUT2D eigenvalue weighted by molar-refractivity contribution is 5.55. The normalized spacial score (nSPS) is 15.6. The van der Waals surface area contributed by atoms with E-state index in [4.69, 9.17) is 9.26 Å². The van der Waals surface area contributed by atoms with Gasteiger partial charge in [-0.3, -0.25) is 4.90 Å². The lowest BCUT2D eigenvalue weighted by atomic mass is 9.90. The van der Waals surface area contributed by atoms with Crippen molar-refractivity contribution < 1.29 is 13.7 Å². The van der Waals surface area contributed by atoms with Gasteiger partial charge in [-0.05, 0) is 74.2 Å². The SMILES string of the molecule is COc1ccc(-c2noc(CN3CCC(Cc4ccccc4F)CC3)n2)cc1. The van der Waals surface area contributed by atoms with Gasteiger partial charge in [0.05, 0.1) is 13.7 Å². The first-order chi connectivity index (χ1) is 13.7. The highest BCUT2D eigenvalue weighted by Gasteiger charge is 2.22. The molecule has 1 aliphatic rings. The van der Waals surface area contributed by atoms with E-state index in [1.807, 2.05) is 36.4 Å². The van der Waals surface area contributed by atoms with Gasteiger partial charge in [0.25, 0.3) is 0 Å². The molecule has 0 spiro atoms. The van der Waals surface area contributed by atoms with Crippen LogP contribution in [0.4, 0.5) is 4.39 Å². The summed E-state index contributed by atoms with van der Waals surface area (Å²) in [5, 5.41) is 4.09. The van der Waals surface area contributed by atoms with Crippen LogP contribution in [0.15, 0.2) is 53.1 Å². The molecule has 4 rings (SSSR count). The number of halogens is 1. The maximum atomic E-state index is 13.8. The maximum absolute atomic E-state index is 13.8. The monoisotopic (exact) mass is 381 g/mol. The van der Waals surface area contributed by atoms with Crippen LogP contribution in [0.1, 0.15) is 24.3 Å². The molecule has 0 amide bonds. The van der Waals surface area contributed by atoms with Crippen LogP contribution >= 0.6 is 0 Å². The van der Waals surface area contributed by atoms with E-state index in [1.54, 1.807) is 19.2 Å². The third-order valence-corrected chi connectivity index (χ3v) is 5.35. The minimum atomic E-state index is -0.0955. The molecule has 0 radical (unpaired) electrons. The van der Waals surface area contributed by atoms with E-state index >= 15 is 0 Å². The van der Waals surface area contributed by atoms with Crippen molar-refractivity contribution in [3.63, 3.8) is 0 Å². The van der Waals surface area contributed by atoms with Crippen LogP contribution in [0.2, 0.25) is 0 Å². The first-order valence-corrected chi connectivity index (χ1v) is 9.64. The van der Waals surface area contributed by atoms with Gasteiger partial charge >= 0.3 is 0 Å². The molecule has 0 bridgehead atoms. The zero-order chi connectivity index (χ0) is 19.3. The number of hydrogen-bond donors (Lipinski definition) is 0. The van der Waals surface area contributed by atoms with Crippen molar-refractivity contribution >= 4 is 0 Å². The van der Waals surface area contributed by atoms with E-state index in [9.17, 15) is 4.39 Å². The Morgan fingerprint density at radius 2 is 1.86 bits per heavy atom. The maximum Gasteiger partial charge on any atom is 0.241 e. The van der Waals surface area contributed by atoms with Gasteiger partial charge in [0.15, 0.2) is 0 Å². The summed E-state index contributed by atoms with van der Waals surface area (Å²) in [5.74, 6) is 2.43. The van der Waals surface area contributed by atoms with Crippen LogP contribution in [-0.2, 0) is 13.0 Å². The van der Waals surface area contributed by atoms with Crippen LogP contribution in [0.25, 0.3) is 11.4 Å². The van der Waals surface area contributed by atoms with E-state index < -0.39 is 0 Å². The number of ether oxygens (including phenoxy) is 1. The molecule has 1 fully saturated rings. The Morgan fingerprint density at radius 1 is 1.11 bits per heavy atom. The Hall–Kier alpha value is -2.73. The van der Waals surface area contributed by atoms with Crippen molar-refractivity contribution in [2.45, 2.75) is 25.8 Å². The van der Waals surface area contributed by atoms with Gasteiger partial charge in [0.1, 0.15) is 11.6 Å². The third kappa shape index (κ3) is 4.39. The second-order valence-electron chi connectivity index (χ2n) is 7.26. The molecule has 0 aliphatic carbocycles. The standard InChI is InChI=1S/C22H24FN3O2/c1-27-19-8-6-17(7-9-19)22-24-21(28-25-22)15-26-12-10-16(11-13-26)14-18-4-2-3-5-20(18)23/h2-9,16H,10-15H2,1H3. The Kier molecular flexibility index (Phi) is 5.67. The summed E-state index contributed by atoms with van der Waals surface area (Å²) < 4.78 is 24.5. The molecule has 3 aromatic rings. The van der Waals surface area contributed by atoms with Crippen molar-refractivity contribution in [2.75, 3.05) is 20.2 Å². The second-order valence-corrected chi connectivity index (χ2v) is 7.26. The molecule has 0 unspecified atom stereocenters. The molecule has 0 N–H and O–H groups in total. The lowest BCUT2D eigenvalue weighted by Crippen LogP contribution is -2.34. The molecule has 146 valence electrons. The minimum Gasteiger partial charge on any atom is -0.497 e. The molecule has 0 atom stereocenters. The summed E-state index contributed by atoms with van der Waals surface area (Å²) in [6.07, 6.45) is 2.91. The predicted octanol–water partition coefficient (Wildman–Crippen LogP) is 4.34. The molecule has 2 aromatic carbocycles. The first-order valence-electron chi connectivity index (χ1n) is 9.64. The highest BCUT2D eigenvalue weighted by atomic mass is 19.1. The molecular weight excluding hydrogens is 357 g/mol. The number of hydrogen-bond acceptors (Lipinski definition) is 5. The molecule has 6 heteroatoms. The summed E-state index contributed by atoms with van der Waals surface area (Å²) in [6, 6.07) is 14.7. The van der Waals surface area contributed by atoms with Crippen LogP contribution in [0, 0.1) is 11.7 Å². The van der Waals surface area contributed by atoms with Gasteiger partial charge < -0.3 is 9.26 Å². The second kappa shape index (κ2) is 8.52. The van der Waals surface area contributed by atoms with Gasteiger partial charge in [0, 0.05) is 5.56 Å². The minimum absolute atomic E-state index is 0.0955. The fraction of sp³-hybridized carbons (Fsp3) is 0.364. The molecule has 0 saturated carbocycles. The smallest absolute Gasteiger partial charge is 0.241 e. The van der Waals surface area contributed by atoms with Crippen molar-refractivity contribution in [1.82, 2.24) is 15.0 Å². The zero-order valence-corrected chi connectivity index (χ0v) is 16.0. The summed E-state index contributed by atoms with van der Waals surface area (Å²) >= 11 is 0. The quantitative estimate of drug-likeness (QED) is 0.636. The van der Waals surface area contributed by atoms with Crippen molar-refractivity contribution in [3.05, 3.63) is 65.8 Å². The molecule has 28 heavy (non-hydrogen) atoms. The lowest BCUT2D eigenvalue weighted by Gasteiger charge is -2.31. The number of nitrogens with zero attached hydrogens (tertiary/aromatic N) is 3. The average molecular weight is 381 g/mol. The van der Waals surface area contributed by atoms with Crippen LogP contribution < -0.4 is 4.74 Å². The van der Waals surface area contributed by atoms with Gasteiger partial charge in [0.2, 0.25) is 11.7 Å². The van der Waals surface area contributed by atoms with E-state index in [-0.39, 0.29) is 5.82 Å². The first kappa shape index (κ1) is 18.6. The molecule has 1 aliphatic heterocycles. The predicted molar refractivity (Wildman–Crippen MR) is 104 cm³/mol. The number of piperidine rings is 1. The van der Waals surface area contributed by atoms with Gasteiger partial charge in [-0.1, -0.05) is 23.4 Å². The Morgan fingerprint density at radius 3 is 2.57 bits per heavy atom. The van der Waals surface area contributed by atoms with E-state index in [1.165, 1.54) is 0 Å². The largest absolute Gasteiger partial charge is 0.497 e. The molecule has 5 nitrogen and oxygen atoms in total. The van der Waals surface area contributed by atoms with Gasteiger partial charge in [-0.15, -0.1) is 0 Å². The number of methoxy groups -OCH3 is 1. The van der Waals surface area contributed by atoms with Gasteiger partial charge in [-0.25, -0.2) is 4.39 Å². The van der Waals surface area contributed by atoms with Crippen LogP contribution in [-0.4, -0.2) is 35.2 Å². The lowest BCUT2D eigenvalue weighted by molar-refractivity contribution is 0.158. The molecule has 1 saturated heterocycles. The van der Waals surface area contributed by atoms with Crippen LogP contribution in [0.3, 0.4) is 0 Å². The number of likely N-dealkylation sites (tertiary alicyclic amines) is 1. The van der Waals surface area contributed by atoms with E-state index in [0.717, 1.165) is 49.2 Å². The van der Waals surface area contributed by atoms with E-state index in [2.05, 4.69) is 15.0 Å². The van der Waals surface area contributed by atoms with Crippen LogP contribution in [0.5, 0.6) is 5.75 Å². The fourth-order valence-corrected chi connectivity index (χ4v) is 3.69. The highest BCUT2D eigenvalue weighted by Crippen LogP contribution is 2.24. The van der Waals surface area contributed by atoms with Crippen molar-refractivity contribution in [3.8, 4) is 17.1 Å². The zero-order valence-electron chi connectivity index (χ0n) is 16.0. The Labute approximate surface area is 164 Å². The molecule has 2 heterocycles. The average Bonchev–Trinajstić information content (AvgIpc) is 3.20. The molecule has 1 aromatic heterocycles. The summed E-state index contributed by atoms with van der Waals surface area (Å²) in [6.45, 7) is 2.56. The summed E-state index contributed by atoms with van der Waals surface area (Å²) in [7, 11) is 1.64. The van der Waals surface area contributed by atoms with Gasteiger partial charge in [-0.2, -0.15) is 4.98 Å². The fourth-order valence-electron chi connectivity index (χ4n) is 3.69. The number of aromatic nitrogens is 2. The summed E-state index contributed by atoms with van der Waals surface area (Å²) in [5.41, 5.74) is 1.72. The Bertz CT molecular complexity index is 902. The molecular formula is C22H24FN3O2. The van der Waals surface area contributed by atoms with Crippen molar-refractivity contribution in [1.29, 1.82) is 0 Å². The number of rotatable bonds is 6. The topological polar surface area (TPSA) is 51.4 Å². The summed E-state index contributed by atoms with van der Waals surface area (Å²) in [4.78, 5) is 6.84. The Balaban J connectivity index is 1.30.